The molecule has 0 aromatic carbocycles. The molecular formula is C12H22N2O. The average Bonchev–Trinajstić information content (AvgIpc) is 2.58. The summed E-state index contributed by atoms with van der Waals surface area (Å²) in [5.74, 6) is 1.65. The maximum Gasteiger partial charge on any atom is 0.111 e. The van der Waals surface area contributed by atoms with Gasteiger partial charge in [-0.25, -0.2) is 4.98 Å². The third-order valence-electron chi connectivity index (χ3n) is 2.50. The van der Waals surface area contributed by atoms with Crippen LogP contribution in [-0.2, 0) is 11.2 Å². The second kappa shape index (κ2) is 5.31. The van der Waals surface area contributed by atoms with Crippen molar-refractivity contribution in [3.05, 3.63) is 17.7 Å². The van der Waals surface area contributed by atoms with Gasteiger partial charge in [0.15, 0.2) is 0 Å². The Kier molecular flexibility index (Phi) is 4.33. The van der Waals surface area contributed by atoms with Crippen LogP contribution in [0.2, 0.25) is 0 Å². The Balaban J connectivity index is 2.96. The standard InChI is InChI=1S/C12H22N2O/c1-9(2)12-13-8-11(6-7-15-5)14(12)10(3)4/h8-10H,6-7H2,1-5H3. The predicted molar refractivity (Wildman–Crippen MR) is 62.3 cm³/mol. The largest absolute Gasteiger partial charge is 0.384 e. The molecule has 0 N–H and O–H groups in total. The molecule has 0 unspecified atom stereocenters. The Hall–Kier alpha value is -0.830. The van der Waals surface area contributed by atoms with E-state index in [0.29, 0.717) is 12.0 Å². The Morgan fingerprint density at radius 3 is 2.47 bits per heavy atom. The summed E-state index contributed by atoms with van der Waals surface area (Å²) < 4.78 is 7.43. The molecule has 0 saturated carbocycles. The highest BCUT2D eigenvalue weighted by Crippen LogP contribution is 2.20. The SMILES string of the molecule is COCCc1cnc(C(C)C)n1C(C)C. The van der Waals surface area contributed by atoms with Gasteiger partial charge >= 0.3 is 0 Å². The number of rotatable bonds is 5. The molecule has 0 amide bonds. The van der Waals surface area contributed by atoms with Crippen LogP contribution in [0.5, 0.6) is 0 Å². The van der Waals surface area contributed by atoms with Crippen LogP contribution in [0, 0.1) is 0 Å². The highest BCUT2D eigenvalue weighted by molar-refractivity contribution is 5.10. The third-order valence-corrected chi connectivity index (χ3v) is 2.50. The van der Waals surface area contributed by atoms with E-state index in [-0.39, 0.29) is 0 Å². The molecule has 0 aliphatic rings. The highest BCUT2D eigenvalue weighted by Gasteiger charge is 2.14. The van der Waals surface area contributed by atoms with E-state index in [0.717, 1.165) is 13.0 Å². The van der Waals surface area contributed by atoms with Gasteiger partial charge in [-0.2, -0.15) is 0 Å². The van der Waals surface area contributed by atoms with E-state index in [1.165, 1.54) is 11.5 Å². The topological polar surface area (TPSA) is 27.1 Å². The quantitative estimate of drug-likeness (QED) is 0.747. The van der Waals surface area contributed by atoms with E-state index >= 15 is 0 Å². The number of methoxy groups -OCH3 is 1. The lowest BCUT2D eigenvalue weighted by Crippen LogP contribution is -2.12. The molecule has 1 aromatic heterocycles. The lowest BCUT2D eigenvalue weighted by Gasteiger charge is -2.17. The van der Waals surface area contributed by atoms with Crippen LogP contribution in [0.3, 0.4) is 0 Å². The lowest BCUT2D eigenvalue weighted by atomic mass is 10.2. The van der Waals surface area contributed by atoms with Crippen LogP contribution in [0.25, 0.3) is 0 Å². The van der Waals surface area contributed by atoms with Crippen molar-refractivity contribution in [2.45, 2.75) is 46.1 Å². The number of ether oxygens (including phenoxy) is 1. The Bertz CT molecular complexity index is 303. The lowest BCUT2D eigenvalue weighted by molar-refractivity contribution is 0.200. The molecule has 3 nitrogen and oxygen atoms in total. The first-order valence-electron chi connectivity index (χ1n) is 5.62. The minimum atomic E-state index is 0.469. The molecule has 0 spiro atoms. The van der Waals surface area contributed by atoms with Gasteiger partial charge in [0.2, 0.25) is 0 Å². The summed E-state index contributed by atoms with van der Waals surface area (Å²) in [6.07, 6.45) is 2.92. The molecule has 0 fully saturated rings. The van der Waals surface area contributed by atoms with Crippen LogP contribution in [-0.4, -0.2) is 23.3 Å². The van der Waals surface area contributed by atoms with Gasteiger partial charge in [0.25, 0.3) is 0 Å². The van der Waals surface area contributed by atoms with Crippen LogP contribution >= 0.6 is 0 Å². The minimum absolute atomic E-state index is 0.469. The zero-order chi connectivity index (χ0) is 11.4. The fraction of sp³-hybridized carbons (Fsp3) is 0.750. The van der Waals surface area contributed by atoms with E-state index in [1.54, 1.807) is 7.11 Å². The molecule has 1 rings (SSSR count). The van der Waals surface area contributed by atoms with Crippen molar-refractivity contribution in [2.24, 2.45) is 0 Å². The van der Waals surface area contributed by atoms with Gasteiger partial charge in [-0.1, -0.05) is 13.8 Å². The number of nitrogens with zero attached hydrogens (tertiary/aromatic N) is 2. The van der Waals surface area contributed by atoms with E-state index < -0.39 is 0 Å². The molecule has 0 saturated heterocycles. The molecule has 86 valence electrons. The molecular weight excluding hydrogens is 188 g/mol. The summed E-state index contributed by atoms with van der Waals surface area (Å²) in [5.41, 5.74) is 1.27. The van der Waals surface area contributed by atoms with Gasteiger partial charge in [0.1, 0.15) is 5.82 Å². The normalized spacial score (nSPS) is 11.7. The van der Waals surface area contributed by atoms with Crippen LogP contribution in [0.4, 0.5) is 0 Å². The summed E-state index contributed by atoms with van der Waals surface area (Å²) in [7, 11) is 1.74. The van der Waals surface area contributed by atoms with Gasteiger partial charge in [0, 0.05) is 37.4 Å². The maximum absolute atomic E-state index is 5.11. The Morgan fingerprint density at radius 2 is 2.00 bits per heavy atom. The second-order valence-electron chi connectivity index (χ2n) is 4.47. The molecule has 0 aliphatic carbocycles. The number of aromatic nitrogens is 2. The summed E-state index contributed by atoms with van der Waals surface area (Å²) in [5, 5.41) is 0. The van der Waals surface area contributed by atoms with Gasteiger partial charge in [-0.3, -0.25) is 0 Å². The van der Waals surface area contributed by atoms with Gasteiger partial charge in [-0.05, 0) is 13.8 Å². The molecule has 0 bridgehead atoms. The van der Waals surface area contributed by atoms with Crippen molar-refractivity contribution in [3.63, 3.8) is 0 Å². The fourth-order valence-corrected chi connectivity index (χ4v) is 1.83. The summed E-state index contributed by atoms with van der Waals surface area (Å²) in [6, 6.07) is 0.469. The summed E-state index contributed by atoms with van der Waals surface area (Å²) in [6.45, 7) is 9.52. The number of hydrogen-bond donors (Lipinski definition) is 0. The molecule has 3 heteroatoms. The van der Waals surface area contributed by atoms with Gasteiger partial charge in [0.05, 0.1) is 6.61 Å². The fourth-order valence-electron chi connectivity index (χ4n) is 1.83. The highest BCUT2D eigenvalue weighted by atomic mass is 16.5. The smallest absolute Gasteiger partial charge is 0.111 e. The first kappa shape index (κ1) is 12.2. The van der Waals surface area contributed by atoms with E-state index in [1.807, 2.05) is 6.20 Å². The van der Waals surface area contributed by atoms with E-state index in [4.69, 9.17) is 4.74 Å². The number of imidazole rings is 1. The monoisotopic (exact) mass is 210 g/mol. The van der Waals surface area contributed by atoms with Crippen molar-refractivity contribution in [3.8, 4) is 0 Å². The molecule has 15 heavy (non-hydrogen) atoms. The maximum atomic E-state index is 5.11. The molecule has 0 radical (unpaired) electrons. The molecule has 1 heterocycles. The predicted octanol–water partition coefficient (Wildman–Crippen LogP) is 2.78. The minimum Gasteiger partial charge on any atom is -0.384 e. The zero-order valence-corrected chi connectivity index (χ0v) is 10.4. The summed E-state index contributed by atoms with van der Waals surface area (Å²) in [4.78, 5) is 4.50. The Labute approximate surface area is 92.5 Å². The average molecular weight is 210 g/mol. The van der Waals surface area contributed by atoms with Crippen LogP contribution < -0.4 is 0 Å². The first-order valence-corrected chi connectivity index (χ1v) is 5.62. The van der Waals surface area contributed by atoms with Crippen molar-refractivity contribution < 1.29 is 4.74 Å². The van der Waals surface area contributed by atoms with Crippen molar-refractivity contribution in [1.82, 2.24) is 9.55 Å². The van der Waals surface area contributed by atoms with Crippen molar-refractivity contribution in [2.75, 3.05) is 13.7 Å². The molecule has 1 aromatic rings. The van der Waals surface area contributed by atoms with Crippen molar-refractivity contribution >= 4 is 0 Å². The van der Waals surface area contributed by atoms with E-state index in [9.17, 15) is 0 Å². The number of hydrogen-bond acceptors (Lipinski definition) is 2. The first-order chi connectivity index (χ1) is 7.07. The van der Waals surface area contributed by atoms with E-state index in [2.05, 4.69) is 37.2 Å². The zero-order valence-electron chi connectivity index (χ0n) is 10.4. The van der Waals surface area contributed by atoms with Crippen molar-refractivity contribution in [1.29, 1.82) is 0 Å². The summed E-state index contributed by atoms with van der Waals surface area (Å²) >= 11 is 0. The Morgan fingerprint density at radius 1 is 1.33 bits per heavy atom. The third kappa shape index (κ3) is 2.81. The van der Waals surface area contributed by atoms with Gasteiger partial charge < -0.3 is 9.30 Å². The van der Waals surface area contributed by atoms with Gasteiger partial charge in [-0.15, -0.1) is 0 Å². The molecule has 0 atom stereocenters. The van der Waals surface area contributed by atoms with Crippen LogP contribution in [0.1, 0.15) is 51.2 Å². The molecule has 0 aliphatic heterocycles. The second-order valence-corrected chi connectivity index (χ2v) is 4.47. The van der Waals surface area contributed by atoms with Crippen LogP contribution in [0.15, 0.2) is 6.20 Å².